The Labute approximate surface area is 123 Å². The molecule has 0 fully saturated rings. The van der Waals surface area contributed by atoms with Gasteiger partial charge < -0.3 is 15.1 Å². The molecular formula is C15H21N3OS. The summed E-state index contributed by atoms with van der Waals surface area (Å²) in [4.78, 5) is 5.86. The van der Waals surface area contributed by atoms with E-state index in [4.69, 9.17) is 4.42 Å². The third-order valence-electron chi connectivity index (χ3n) is 2.64. The summed E-state index contributed by atoms with van der Waals surface area (Å²) in [7, 11) is 0. The van der Waals surface area contributed by atoms with E-state index >= 15 is 0 Å². The number of hydrogen-bond donors (Lipinski definition) is 2. The Hall–Kier alpha value is -1.75. The van der Waals surface area contributed by atoms with Gasteiger partial charge in [0.15, 0.2) is 5.96 Å². The molecule has 2 rings (SSSR count). The van der Waals surface area contributed by atoms with Gasteiger partial charge >= 0.3 is 0 Å². The predicted octanol–water partition coefficient (Wildman–Crippen LogP) is 3.03. The minimum absolute atomic E-state index is 0.355. The van der Waals surface area contributed by atoms with E-state index < -0.39 is 0 Å². The minimum atomic E-state index is 0.355. The predicted molar refractivity (Wildman–Crippen MR) is 84.1 cm³/mol. The molecule has 0 unspecified atom stereocenters. The first-order valence-corrected chi connectivity index (χ1v) is 7.71. The SMILES string of the molecule is CC(C)NC(=NCc1cccs1)NCCc1ccco1. The Bertz CT molecular complexity index is 503. The maximum absolute atomic E-state index is 5.32. The van der Waals surface area contributed by atoms with Gasteiger partial charge in [-0.1, -0.05) is 6.07 Å². The van der Waals surface area contributed by atoms with E-state index in [1.807, 2.05) is 12.1 Å². The van der Waals surface area contributed by atoms with Crippen molar-refractivity contribution in [3.05, 3.63) is 46.5 Å². The van der Waals surface area contributed by atoms with Crippen molar-refractivity contribution in [1.29, 1.82) is 0 Å². The summed E-state index contributed by atoms with van der Waals surface area (Å²) in [6.45, 7) is 5.72. The number of furan rings is 1. The standard InChI is InChI=1S/C15H21N3OS/c1-12(2)18-15(17-11-14-6-4-10-20-14)16-8-7-13-5-3-9-19-13/h3-6,9-10,12H,7-8,11H2,1-2H3,(H2,16,17,18). The van der Waals surface area contributed by atoms with Crippen LogP contribution in [-0.2, 0) is 13.0 Å². The molecule has 0 aliphatic carbocycles. The van der Waals surface area contributed by atoms with Crippen LogP contribution in [0.25, 0.3) is 0 Å². The second-order valence-electron chi connectivity index (χ2n) is 4.80. The third-order valence-corrected chi connectivity index (χ3v) is 3.50. The van der Waals surface area contributed by atoms with Crippen LogP contribution >= 0.6 is 11.3 Å². The van der Waals surface area contributed by atoms with E-state index in [-0.39, 0.29) is 0 Å². The molecule has 20 heavy (non-hydrogen) atoms. The van der Waals surface area contributed by atoms with Crippen molar-refractivity contribution in [3.63, 3.8) is 0 Å². The first kappa shape index (κ1) is 14.7. The lowest BCUT2D eigenvalue weighted by Gasteiger charge is -2.14. The van der Waals surface area contributed by atoms with Crippen molar-refractivity contribution in [2.24, 2.45) is 4.99 Å². The van der Waals surface area contributed by atoms with Gasteiger partial charge in [-0.2, -0.15) is 0 Å². The third kappa shape index (κ3) is 5.09. The average molecular weight is 291 g/mol. The van der Waals surface area contributed by atoms with Crippen molar-refractivity contribution < 1.29 is 4.42 Å². The number of hydrogen-bond acceptors (Lipinski definition) is 3. The Balaban J connectivity index is 1.84. The van der Waals surface area contributed by atoms with Crippen molar-refractivity contribution in [1.82, 2.24) is 10.6 Å². The molecule has 108 valence electrons. The van der Waals surface area contributed by atoms with Crippen LogP contribution < -0.4 is 10.6 Å². The number of guanidine groups is 1. The second kappa shape index (κ2) is 7.75. The van der Waals surface area contributed by atoms with E-state index in [1.165, 1.54) is 4.88 Å². The fourth-order valence-corrected chi connectivity index (χ4v) is 2.37. The van der Waals surface area contributed by atoms with E-state index in [9.17, 15) is 0 Å². The van der Waals surface area contributed by atoms with Crippen LogP contribution in [0.15, 0.2) is 45.3 Å². The summed E-state index contributed by atoms with van der Waals surface area (Å²) in [6.07, 6.45) is 2.55. The van der Waals surface area contributed by atoms with Crippen molar-refractivity contribution in [2.45, 2.75) is 32.9 Å². The Morgan fingerprint density at radius 3 is 2.90 bits per heavy atom. The molecule has 4 nitrogen and oxygen atoms in total. The molecule has 0 aliphatic heterocycles. The molecule has 0 spiro atoms. The normalized spacial score (nSPS) is 11.8. The molecule has 0 aliphatic rings. The summed E-state index contributed by atoms with van der Waals surface area (Å²) < 4.78 is 5.32. The van der Waals surface area contributed by atoms with E-state index in [0.29, 0.717) is 12.6 Å². The van der Waals surface area contributed by atoms with E-state index in [0.717, 1.165) is 24.7 Å². The number of thiophene rings is 1. The minimum Gasteiger partial charge on any atom is -0.469 e. The van der Waals surface area contributed by atoms with Crippen LogP contribution in [0.4, 0.5) is 0 Å². The van der Waals surface area contributed by atoms with Crippen LogP contribution in [-0.4, -0.2) is 18.5 Å². The fraction of sp³-hybridized carbons (Fsp3) is 0.400. The van der Waals surface area contributed by atoms with E-state index in [2.05, 4.69) is 47.0 Å². The maximum Gasteiger partial charge on any atom is 0.191 e. The number of nitrogens with one attached hydrogen (secondary N) is 2. The van der Waals surface area contributed by atoms with Gasteiger partial charge in [-0.3, -0.25) is 0 Å². The largest absolute Gasteiger partial charge is 0.469 e. The monoisotopic (exact) mass is 291 g/mol. The first-order valence-electron chi connectivity index (χ1n) is 6.83. The van der Waals surface area contributed by atoms with Crippen LogP contribution in [0.1, 0.15) is 24.5 Å². The van der Waals surface area contributed by atoms with Crippen LogP contribution in [0.2, 0.25) is 0 Å². The topological polar surface area (TPSA) is 49.6 Å². The van der Waals surface area contributed by atoms with Crippen molar-refractivity contribution in [2.75, 3.05) is 6.54 Å². The highest BCUT2D eigenvalue weighted by molar-refractivity contribution is 7.09. The van der Waals surface area contributed by atoms with Crippen LogP contribution in [0, 0.1) is 0 Å². The lowest BCUT2D eigenvalue weighted by atomic mass is 10.3. The first-order chi connectivity index (χ1) is 9.74. The Morgan fingerprint density at radius 2 is 2.25 bits per heavy atom. The highest BCUT2D eigenvalue weighted by atomic mass is 32.1. The van der Waals surface area contributed by atoms with Gasteiger partial charge in [0.25, 0.3) is 0 Å². The Morgan fingerprint density at radius 1 is 1.35 bits per heavy atom. The smallest absolute Gasteiger partial charge is 0.191 e. The zero-order chi connectivity index (χ0) is 14.2. The van der Waals surface area contributed by atoms with Gasteiger partial charge in [0.05, 0.1) is 12.8 Å². The molecule has 0 saturated heterocycles. The lowest BCUT2D eigenvalue weighted by Crippen LogP contribution is -2.41. The highest BCUT2D eigenvalue weighted by Crippen LogP contribution is 2.09. The molecule has 2 aromatic rings. The fourth-order valence-electron chi connectivity index (χ4n) is 1.74. The molecule has 0 atom stereocenters. The van der Waals surface area contributed by atoms with Crippen LogP contribution in [0.5, 0.6) is 0 Å². The number of rotatable bonds is 6. The molecule has 2 N–H and O–H groups in total. The maximum atomic E-state index is 5.32. The zero-order valence-electron chi connectivity index (χ0n) is 11.9. The molecule has 0 bridgehead atoms. The number of aliphatic imine (C=N–C) groups is 1. The van der Waals surface area contributed by atoms with E-state index in [1.54, 1.807) is 17.6 Å². The molecule has 2 aromatic heterocycles. The van der Waals surface area contributed by atoms with Crippen LogP contribution in [0.3, 0.4) is 0 Å². The summed E-state index contributed by atoms with van der Waals surface area (Å²) in [6, 6.07) is 8.40. The van der Waals surface area contributed by atoms with Gasteiger partial charge in [-0.25, -0.2) is 4.99 Å². The summed E-state index contributed by atoms with van der Waals surface area (Å²) >= 11 is 1.73. The van der Waals surface area contributed by atoms with Gasteiger partial charge in [0.1, 0.15) is 5.76 Å². The highest BCUT2D eigenvalue weighted by Gasteiger charge is 2.02. The zero-order valence-corrected chi connectivity index (χ0v) is 12.7. The summed E-state index contributed by atoms with van der Waals surface area (Å²) in [5.41, 5.74) is 0. The lowest BCUT2D eigenvalue weighted by molar-refractivity contribution is 0.506. The molecular weight excluding hydrogens is 270 g/mol. The average Bonchev–Trinajstić information content (AvgIpc) is 3.08. The molecule has 0 aromatic carbocycles. The van der Waals surface area contributed by atoms with Gasteiger partial charge in [-0.15, -0.1) is 11.3 Å². The Kier molecular flexibility index (Phi) is 5.68. The van der Waals surface area contributed by atoms with Crippen molar-refractivity contribution >= 4 is 17.3 Å². The second-order valence-corrected chi connectivity index (χ2v) is 5.83. The molecule has 0 amide bonds. The quantitative estimate of drug-likeness (QED) is 0.635. The summed E-state index contributed by atoms with van der Waals surface area (Å²) in [5, 5.41) is 8.74. The number of nitrogens with zero attached hydrogens (tertiary/aromatic N) is 1. The molecule has 2 heterocycles. The summed E-state index contributed by atoms with van der Waals surface area (Å²) in [5.74, 6) is 1.83. The molecule has 0 saturated carbocycles. The van der Waals surface area contributed by atoms with Gasteiger partial charge in [-0.05, 0) is 37.4 Å². The molecule has 0 radical (unpaired) electrons. The van der Waals surface area contributed by atoms with Gasteiger partial charge in [0, 0.05) is 23.9 Å². The van der Waals surface area contributed by atoms with Crippen molar-refractivity contribution in [3.8, 4) is 0 Å². The molecule has 5 heteroatoms. The van der Waals surface area contributed by atoms with Gasteiger partial charge in [0.2, 0.25) is 0 Å².